The lowest BCUT2D eigenvalue weighted by atomic mass is 9.99. The summed E-state index contributed by atoms with van der Waals surface area (Å²) in [5, 5.41) is 9.85. The van der Waals surface area contributed by atoms with Gasteiger partial charge in [-0.1, -0.05) is 6.07 Å². The minimum Gasteiger partial charge on any atom is -0.495 e. The van der Waals surface area contributed by atoms with Crippen molar-refractivity contribution in [2.45, 2.75) is 19.4 Å². The highest BCUT2D eigenvalue weighted by Gasteiger charge is 2.37. The molecule has 9 heteroatoms. The monoisotopic (exact) mass is 489 g/mol. The fourth-order valence-corrected chi connectivity index (χ4v) is 4.87. The number of hydrogen-bond acceptors (Lipinski definition) is 7. The summed E-state index contributed by atoms with van der Waals surface area (Å²) in [6.07, 6.45) is 3.25. The fourth-order valence-electron chi connectivity index (χ4n) is 4.87. The van der Waals surface area contributed by atoms with Crippen LogP contribution in [0.25, 0.3) is 0 Å². The zero-order chi connectivity index (χ0) is 25.2. The molecule has 1 saturated heterocycles. The van der Waals surface area contributed by atoms with Crippen molar-refractivity contribution < 1.29 is 19.0 Å². The predicted molar refractivity (Wildman–Crippen MR) is 137 cm³/mol. The number of nitrogens with zero attached hydrogens (tertiary/aromatic N) is 5. The van der Waals surface area contributed by atoms with Crippen LogP contribution in [0.1, 0.15) is 23.6 Å². The summed E-state index contributed by atoms with van der Waals surface area (Å²) in [5.41, 5.74) is 4.24. The fraction of sp³-hybridized carbons (Fsp3) is 0.296. The first kappa shape index (κ1) is 23.6. The average molecular weight is 490 g/mol. The van der Waals surface area contributed by atoms with Crippen molar-refractivity contribution in [1.82, 2.24) is 9.88 Å². The standard InChI is InChI=1S/C27H28FN5O3/c1-18-3-8-25(36-2)24(15-18)33-23(16-26(34)35)21-17-29-10-9-22(21)30-27(33)32-13-11-31(12-14-32)20-6-4-19(28)5-7-20/h3-10,15,17,23H,11-14,16H2,1-2H3,(H,34,35). The molecule has 1 N–H and O–H groups in total. The quantitative estimate of drug-likeness (QED) is 0.570. The van der Waals surface area contributed by atoms with E-state index in [4.69, 9.17) is 9.73 Å². The molecule has 1 aromatic heterocycles. The Morgan fingerprint density at radius 2 is 1.81 bits per heavy atom. The second kappa shape index (κ2) is 9.85. The van der Waals surface area contributed by atoms with E-state index in [1.807, 2.05) is 36.1 Å². The van der Waals surface area contributed by atoms with Gasteiger partial charge in [-0.05, 0) is 55.0 Å². The van der Waals surface area contributed by atoms with Gasteiger partial charge in [0.1, 0.15) is 11.6 Å². The Morgan fingerprint density at radius 1 is 1.08 bits per heavy atom. The van der Waals surface area contributed by atoms with Crippen LogP contribution in [0.4, 0.5) is 21.5 Å². The van der Waals surface area contributed by atoms with Gasteiger partial charge < -0.3 is 24.5 Å². The number of halogens is 1. The summed E-state index contributed by atoms with van der Waals surface area (Å²) in [5.74, 6) is 0.159. The predicted octanol–water partition coefficient (Wildman–Crippen LogP) is 4.38. The van der Waals surface area contributed by atoms with Crippen LogP contribution in [0.3, 0.4) is 0 Å². The number of pyridine rings is 1. The number of rotatable bonds is 5. The minimum atomic E-state index is -0.909. The molecule has 0 bridgehead atoms. The molecule has 0 aliphatic carbocycles. The Hall–Kier alpha value is -4.14. The molecule has 0 amide bonds. The molecule has 8 nitrogen and oxygen atoms in total. The Kier molecular flexibility index (Phi) is 6.45. The van der Waals surface area contributed by atoms with E-state index in [1.54, 1.807) is 31.6 Å². The maximum Gasteiger partial charge on any atom is 0.305 e. The molecule has 3 heterocycles. The summed E-state index contributed by atoms with van der Waals surface area (Å²) in [6, 6.07) is 13.7. The second-order valence-corrected chi connectivity index (χ2v) is 8.96. The maximum atomic E-state index is 13.4. The van der Waals surface area contributed by atoms with Crippen LogP contribution in [0.15, 0.2) is 65.9 Å². The third kappa shape index (κ3) is 4.56. The van der Waals surface area contributed by atoms with Crippen LogP contribution in [-0.4, -0.2) is 60.2 Å². The summed E-state index contributed by atoms with van der Waals surface area (Å²) < 4.78 is 19.1. The Balaban J connectivity index is 1.55. The molecular formula is C27H28FN5O3. The van der Waals surface area contributed by atoms with E-state index >= 15 is 0 Å². The molecule has 5 rings (SSSR count). The molecule has 1 atom stereocenters. The van der Waals surface area contributed by atoms with Crippen LogP contribution >= 0.6 is 0 Å². The van der Waals surface area contributed by atoms with E-state index in [2.05, 4.69) is 14.8 Å². The van der Waals surface area contributed by atoms with Crippen molar-refractivity contribution >= 4 is 29.0 Å². The number of hydrogen-bond donors (Lipinski definition) is 1. The highest BCUT2D eigenvalue weighted by Crippen LogP contribution is 2.43. The number of benzene rings is 2. The molecule has 1 fully saturated rings. The van der Waals surface area contributed by atoms with Crippen LogP contribution in [-0.2, 0) is 4.79 Å². The largest absolute Gasteiger partial charge is 0.495 e. The van der Waals surface area contributed by atoms with Gasteiger partial charge in [0.05, 0.1) is 30.9 Å². The van der Waals surface area contributed by atoms with Crippen LogP contribution < -0.4 is 14.5 Å². The minimum absolute atomic E-state index is 0.121. The van der Waals surface area contributed by atoms with E-state index in [9.17, 15) is 14.3 Å². The SMILES string of the molecule is COc1ccc(C)cc1N1C(N2CCN(c3ccc(F)cc3)CC2)=Nc2ccncc2C1CC(=O)O. The van der Waals surface area contributed by atoms with Gasteiger partial charge in [-0.2, -0.15) is 0 Å². The molecular weight excluding hydrogens is 461 g/mol. The third-order valence-corrected chi connectivity index (χ3v) is 6.65. The van der Waals surface area contributed by atoms with Crippen LogP contribution in [0.5, 0.6) is 5.75 Å². The van der Waals surface area contributed by atoms with Crippen molar-refractivity contribution in [2.75, 3.05) is 43.1 Å². The molecule has 1 unspecified atom stereocenters. The van der Waals surface area contributed by atoms with E-state index in [0.717, 1.165) is 41.3 Å². The number of methoxy groups -OCH3 is 1. The number of carbonyl (C=O) groups is 1. The van der Waals surface area contributed by atoms with Gasteiger partial charge in [0.25, 0.3) is 0 Å². The Bertz CT molecular complexity index is 1290. The van der Waals surface area contributed by atoms with Gasteiger partial charge in [0, 0.05) is 49.8 Å². The number of guanidine groups is 1. The number of aryl methyl sites for hydroxylation is 1. The van der Waals surface area contributed by atoms with Gasteiger partial charge in [0.2, 0.25) is 5.96 Å². The molecule has 3 aromatic rings. The molecule has 0 saturated carbocycles. The van der Waals surface area contributed by atoms with Crippen molar-refractivity contribution in [3.63, 3.8) is 0 Å². The Morgan fingerprint density at radius 3 is 2.50 bits per heavy atom. The average Bonchev–Trinajstić information content (AvgIpc) is 2.89. The zero-order valence-electron chi connectivity index (χ0n) is 20.3. The number of aliphatic carboxylic acids is 1. The lowest BCUT2D eigenvalue weighted by Gasteiger charge is -2.45. The highest BCUT2D eigenvalue weighted by molar-refractivity contribution is 6.02. The van der Waals surface area contributed by atoms with Crippen LogP contribution in [0, 0.1) is 12.7 Å². The molecule has 0 radical (unpaired) electrons. The Labute approximate surface area is 209 Å². The normalized spacial score (nSPS) is 17.5. The lowest BCUT2D eigenvalue weighted by molar-refractivity contribution is -0.137. The zero-order valence-corrected chi connectivity index (χ0v) is 20.3. The van der Waals surface area contributed by atoms with E-state index in [1.165, 1.54) is 12.1 Å². The first-order valence-corrected chi connectivity index (χ1v) is 11.9. The van der Waals surface area contributed by atoms with Crippen molar-refractivity contribution in [3.05, 3.63) is 77.9 Å². The number of carboxylic acids is 1. The number of aromatic nitrogens is 1. The number of carboxylic acid groups (broad SMARTS) is 1. The van der Waals surface area contributed by atoms with Crippen molar-refractivity contribution in [3.8, 4) is 5.75 Å². The second-order valence-electron chi connectivity index (χ2n) is 8.96. The molecule has 186 valence electrons. The van der Waals surface area contributed by atoms with E-state index in [0.29, 0.717) is 24.8 Å². The van der Waals surface area contributed by atoms with Crippen molar-refractivity contribution in [1.29, 1.82) is 0 Å². The van der Waals surface area contributed by atoms with Gasteiger partial charge >= 0.3 is 5.97 Å². The molecule has 2 aliphatic rings. The lowest BCUT2D eigenvalue weighted by Crippen LogP contribution is -2.55. The number of aliphatic imine (C=N–C) groups is 1. The van der Waals surface area contributed by atoms with E-state index in [-0.39, 0.29) is 12.2 Å². The molecule has 2 aromatic carbocycles. The van der Waals surface area contributed by atoms with Gasteiger partial charge in [-0.3, -0.25) is 9.78 Å². The molecule has 0 spiro atoms. The molecule has 2 aliphatic heterocycles. The molecule has 36 heavy (non-hydrogen) atoms. The first-order chi connectivity index (χ1) is 17.4. The number of ether oxygens (including phenoxy) is 1. The number of anilines is 2. The number of fused-ring (bicyclic) bond motifs is 1. The maximum absolute atomic E-state index is 13.4. The van der Waals surface area contributed by atoms with Crippen LogP contribution in [0.2, 0.25) is 0 Å². The van der Waals surface area contributed by atoms with Crippen molar-refractivity contribution in [2.24, 2.45) is 4.99 Å². The third-order valence-electron chi connectivity index (χ3n) is 6.65. The first-order valence-electron chi connectivity index (χ1n) is 11.9. The number of piperazine rings is 1. The summed E-state index contributed by atoms with van der Waals surface area (Å²) >= 11 is 0. The van der Waals surface area contributed by atoms with Gasteiger partial charge in [0.15, 0.2) is 0 Å². The smallest absolute Gasteiger partial charge is 0.305 e. The van der Waals surface area contributed by atoms with Gasteiger partial charge in [-0.25, -0.2) is 9.38 Å². The van der Waals surface area contributed by atoms with E-state index < -0.39 is 12.0 Å². The topological polar surface area (TPSA) is 81.5 Å². The summed E-state index contributed by atoms with van der Waals surface area (Å²) in [6.45, 7) is 4.77. The highest BCUT2D eigenvalue weighted by atomic mass is 19.1. The van der Waals surface area contributed by atoms with Gasteiger partial charge in [-0.15, -0.1) is 0 Å². The summed E-state index contributed by atoms with van der Waals surface area (Å²) in [7, 11) is 1.61. The summed E-state index contributed by atoms with van der Waals surface area (Å²) in [4.78, 5) is 27.7.